The fourth-order valence-electron chi connectivity index (χ4n) is 3.99. The lowest BCUT2D eigenvalue weighted by Crippen LogP contribution is -2.59. The van der Waals surface area contributed by atoms with Gasteiger partial charge in [0.1, 0.15) is 6.04 Å². The maximum absolute atomic E-state index is 12.8. The number of nitrogens with one attached hydrogen (secondary N) is 2. The Balaban J connectivity index is 1.47. The van der Waals surface area contributed by atoms with E-state index in [-0.39, 0.29) is 18.5 Å². The van der Waals surface area contributed by atoms with Crippen LogP contribution < -0.4 is 10.6 Å². The van der Waals surface area contributed by atoms with Gasteiger partial charge in [0.15, 0.2) is 0 Å². The van der Waals surface area contributed by atoms with Crippen molar-refractivity contribution in [1.29, 1.82) is 5.26 Å². The molecule has 2 amide bonds. The molecule has 1 aromatic heterocycles. The quantitative estimate of drug-likeness (QED) is 0.732. The average molecular weight is 386 g/mol. The molecule has 0 spiro atoms. The van der Waals surface area contributed by atoms with Gasteiger partial charge in [0, 0.05) is 36.9 Å². The van der Waals surface area contributed by atoms with Crippen LogP contribution in [0.1, 0.15) is 30.6 Å². The van der Waals surface area contributed by atoms with Gasteiger partial charge in [-0.2, -0.15) is 0 Å². The SMILES string of the molecule is N#CB1CCC(CCC(=O)N2CCNCC2C(=O)NCc2cccs2)CC1. The highest BCUT2D eigenvalue weighted by molar-refractivity contribution is 7.09. The van der Waals surface area contributed by atoms with E-state index in [4.69, 9.17) is 5.26 Å². The molecule has 3 heterocycles. The van der Waals surface area contributed by atoms with E-state index in [1.807, 2.05) is 17.5 Å². The van der Waals surface area contributed by atoms with Crippen molar-refractivity contribution in [2.75, 3.05) is 19.6 Å². The Morgan fingerprint density at radius 2 is 2.22 bits per heavy atom. The minimum absolute atomic E-state index is 0.0789. The van der Waals surface area contributed by atoms with E-state index in [1.54, 1.807) is 16.2 Å². The van der Waals surface area contributed by atoms with Gasteiger partial charge in [-0.3, -0.25) is 9.59 Å². The van der Waals surface area contributed by atoms with Crippen molar-refractivity contribution < 1.29 is 9.59 Å². The van der Waals surface area contributed by atoms with E-state index in [0.717, 1.165) is 43.3 Å². The first-order valence-corrected chi connectivity index (χ1v) is 10.7. The zero-order valence-electron chi connectivity index (χ0n) is 15.7. The third kappa shape index (κ3) is 5.57. The molecule has 2 saturated heterocycles. The van der Waals surface area contributed by atoms with E-state index in [9.17, 15) is 9.59 Å². The standard InChI is InChI=1S/C19H27BN4O2S/c21-14-20-7-5-15(6-8-20)3-4-18(25)24-10-9-22-13-17(24)19(26)23-12-16-2-1-11-27-16/h1-2,11,15,17,22H,3-10,12-13H2,(H,23,26). The van der Waals surface area contributed by atoms with E-state index >= 15 is 0 Å². The molecule has 0 aliphatic carbocycles. The number of amides is 2. The van der Waals surface area contributed by atoms with Crippen LogP contribution in [0.5, 0.6) is 0 Å². The zero-order valence-corrected chi connectivity index (χ0v) is 16.5. The number of nitrogens with zero attached hydrogens (tertiary/aromatic N) is 2. The van der Waals surface area contributed by atoms with Crippen LogP contribution >= 0.6 is 11.3 Å². The van der Waals surface area contributed by atoms with Crippen LogP contribution in [0.15, 0.2) is 17.5 Å². The van der Waals surface area contributed by atoms with Gasteiger partial charge in [0.25, 0.3) is 6.71 Å². The predicted molar refractivity (Wildman–Crippen MR) is 107 cm³/mol. The molecule has 2 N–H and O–H groups in total. The zero-order chi connectivity index (χ0) is 19.1. The maximum Gasteiger partial charge on any atom is 0.267 e. The molecule has 1 atom stereocenters. The van der Waals surface area contributed by atoms with Crippen molar-refractivity contribution in [3.63, 3.8) is 0 Å². The Morgan fingerprint density at radius 3 is 2.93 bits per heavy atom. The van der Waals surface area contributed by atoms with Gasteiger partial charge < -0.3 is 15.5 Å². The number of carbonyl (C=O) groups excluding carboxylic acids is 2. The summed E-state index contributed by atoms with van der Waals surface area (Å²) < 4.78 is 0. The Labute approximate surface area is 165 Å². The summed E-state index contributed by atoms with van der Waals surface area (Å²) in [5.74, 6) is 2.88. The largest absolute Gasteiger partial charge is 0.349 e. The number of hydrogen-bond donors (Lipinski definition) is 2. The summed E-state index contributed by atoms with van der Waals surface area (Å²) in [6, 6.07) is 3.53. The third-order valence-corrected chi connectivity index (χ3v) is 6.56. The highest BCUT2D eigenvalue weighted by Crippen LogP contribution is 2.28. The van der Waals surface area contributed by atoms with Crippen molar-refractivity contribution in [3.05, 3.63) is 22.4 Å². The Hall–Kier alpha value is -1.85. The Morgan fingerprint density at radius 1 is 1.41 bits per heavy atom. The first-order valence-electron chi connectivity index (χ1n) is 9.87. The molecule has 0 aromatic carbocycles. The smallest absolute Gasteiger partial charge is 0.267 e. The first-order chi connectivity index (χ1) is 13.2. The minimum atomic E-state index is -0.430. The van der Waals surface area contributed by atoms with E-state index in [0.29, 0.717) is 32.0 Å². The number of thiophene rings is 1. The molecular weight excluding hydrogens is 359 g/mol. The lowest BCUT2D eigenvalue weighted by molar-refractivity contribution is -0.141. The van der Waals surface area contributed by atoms with Gasteiger partial charge in [0.2, 0.25) is 11.8 Å². The van der Waals surface area contributed by atoms with Crippen LogP contribution in [0.2, 0.25) is 12.6 Å². The summed E-state index contributed by atoms with van der Waals surface area (Å²) in [5.41, 5.74) is 0. The molecule has 0 saturated carbocycles. The fraction of sp³-hybridized carbons (Fsp3) is 0.632. The second kappa shape index (κ2) is 9.91. The van der Waals surface area contributed by atoms with Crippen LogP contribution in [0.4, 0.5) is 0 Å². The molecule has 8 heteroatoms. The number of piperazine rings is 1. The van der Waals surface area contributed by atoms with Gasteiger partial charge in [-0.05, 0) is 23.8 Å². The van der Waals surface area contributed by atoms with Gasteiger partial charge >= 0.3 is 0 Å². The van der Waals surface area contributed by atoms with Gasteiger partial charge in [-0.25, -0.2) is 5.26 Å². The molecule has 2 aliphatic heterocycles. The highest BCUT2D eigenvalue weighted by atomic mass is 32.1. The van der Waals surface area contributed by atoms with Gasteiger partial charge in [-0.15, -0.1) is 11.3 Å². The lowest BCUT2D eigenvalue weighted by Gasteiger charge is -2.35. The molecule has 2 aliphatic rings. The second-order valence-electron chi connectivity index (χ2n) is 7.49. The summed E-state index contributed by atoms with van der Waals surface area (Å²) in [5, 5.41) is 17.2. The van der Waals surface area contributed by atoms with Crippen molar-refractivity contribution >= 4 is 29.9 Å². The number of hydrogen-bond acceptors (Lipinski definition) is 5. The third-order valence-electron chi connectivity index (χ3n) is 5.68. The van der Waals surface area contributed by atoms with Crippen molar-refractivity contribution in [2.45, 2.75) is 50.9 Å². The van der Waals surface area contributed by atoms with Crippen LogP contribution in [0, 0.1) is 17.1 Å². The Bertz CT molecular complexity index is 668. The van der Waals surface area contributed by atoms with Crippen molar-refractivity contribution in [3.8, 4) is 5.97 Å². The molecule has 6 nitrogen and oxygen atoms in total. The molecule has 144 valence electrons. The summed E-state index contributed by atoms with van der Waals surface area (Å²) in [6.07, 6.45) is 5.35. The molecule has 0 radical (unpaired) electrons. The van der Waals surface area contributed by atoms with E-state index in [1.165, 1.54) is 0 Å². The summed E-state index contributed by atoms with van der Waals surface area (Å²) in [7, 11) is 0. The topological polar surface area (TPSA) is 85.2 Å². The van der Waals surface area contributed by atoms with E-state index < -0.39 is 6.04 Å². The summed E-state index contributed by atoms with van der Waals surface area (Å²) >= 11 is 1.61. The van der Waals surface area contributed by atoms with Crippen LogP contribution in [-0.4, -0.2) is 49.1 Å². The van der Waals surface area contributed by atoms with Crippen LogP contribution in [-0.2, 0) is 16.1 Å². The first kappa shape index (κ1) is 19.9. The average Bonchev–Trinajstić information content (AvgIpc) is 3.24. The summed E-state index contributed by atoms with van der Waals surface area (Å²) in [6.45, 7) is 2.53. The number of rotatable bonds is 6. The highest BCUT2D eigenvalue weighted by Gasteiger charge is 2.32. The molecule has 1 unspecified atom stereocenters. The van der Waals surface area contributed by atoms with E-state index in [2.05, 4.69) is 16.6 Å². The lowest BCUT2D eigenvalue weighted by atomic mass is 9.41. The minimum Gasteiger partial charge on any atom is -0.349 e. The molecule has 27 heavy (non-hydrogen) atoms. The maximum atomic E-state index is 12.8. The van der Waals surface area contributed by atoms with Gasteiger partial charge in [-0.1, -0.05) is 31.5 Å². The van der Waals surface area contributed by atoms with Gasteiger partial charge in [0.05, 0.1) is 6.54 Å². The summed E-state index contributed by atoms with van der Waals surface area (Å²) in [4.78, 5) is 28.2. The molecule has 3 rings (SSSR count). The molecule has 0 bridgehead atoms. The normalized spacial score (nSPS) is 20.9. The molecule has 1 aromatic rings. The molecular formula is C19H27BN4O2S. The van der Waals surface area contributed by atoms with Crippen LogP contribution in [0.25, 0.3) is 0 Å². The van der Waals surface area contributed by atoms with Crippen molar-refractivity contribution in [2.24, 2.45) is 5.92 Å². The van der Waals surface area contributed by atoms with Crippen LogP contribution in [0.3, 0.4) is 0 Å². The number of nitriles is 1. The predicted octanol–water partition coefficient (Wildman–Crippen LogP) is 1.91. The Kier molecular flexibility index (Phi) is 7.30. The molecule has 2 fully saturated rings. The number of carbonyl (C=O) groups is 2. The van der Waals surface area contributed by atoms with Crippen molar-refractivity contribution in [1.82, 2.24) is 15.5 Å². The second-order valence-corrected chi connectivity index (χ2v) is 8.52. The monoisotopic (exact) mass is 386 g/mol. The fourth-order valence-corrected chi connectivity index (χ4v) is 4.64.